The molecule has 1 nitrogen and oxygen atoms in total. The fraction of sp³-hybridized carbons (Fsp3) is 0.171. The molecule has 216 valence electrons. The molecule has 0 fully saturated rings. The van der Waals surface area contributed by atoms with E-state index in [0.717, 1.165) is 39.1 Å². The Morgan fingerprint density at radius 2 is 0.524 bits per heavy atom. The predicted molar refractivity (Wildman–Crippen MR) is 188 cm³/mol. The molecule has 0 saturated carbocycles. The first-order chi connectivity index (χ1) is 20.1. The summed E-state index contributed by atoms with van der Waals surface area (Å²) in [6.45, 7) is 22.9. The molecule has 0 aliphatic rings. The zero-order chi connectivity index (χ0) is 31.1. The normalized spacial score (nSPS) is 9.60. The predicted octanol–water partition coefficient (Wildman–Crippen LogP) is 11.3. The molecule has 0 unspecified atom stereocenters. The van der Waals surface area contributed by atoms with E-state index in [1.807, 2.05) is 45.0 Å². The topological polar surface area (TPSA) is 26.0 Å². The lowest BCUT2D eigenvalue weighted by Gasteiger charge is -2.10. The summed E-state index contributed by atoms with van der Waals surface area (Å²) in [5.41, 5.74) is 19.4. The molecule has 2 N–H and O–H groups in total. The fourth-order valence-corrected chi connectivity index (χ4v) is 3.92. The third-order valence-corrected chi connectivity index (χ3v) is 6.68. The molecular weight excluding hydrogens is 506 g/mol. The van der Waals surface area contributed by atoms with Gasteiger partial charge in [-0.25, -0.2) is 0 Å². The minimum Gasteiger partial charge on any atom is -0.399 e. The van der Waals surface area contributed by atoms with Crippen molar-refractivity contribution >= 4 is 16.8 Å². The average molecular weight is 554 g/mol. The van der Waals surface area contributed by atoms with Crippen LogP contribution in [0, 0.1) is 34.6 Å². The molecule has 0 radical (unpaired) electrons. The number of anilines is 1. The van der Waals surface area contributed by atoms with Crippen molar-refractivity contribution in [1.82, 2.24) is 0 Å². The van der Waals surface area contributed by atoms with Crippen LogP contribution in [-0.2, 0) is 0 Å². The van der Waals surface area contributed by atoms with Gasteiger partial charge < -0.3 is 5.73 Å². The van der Waals surface area contributed by atoms with Gasteiger partial charge in [-0.1, -0.05) is 164 Å². The highest BCUT2D eigenvalue weighted by molar-refractivity contribution is 5.82. The van der Waals surface area contributed by atoms with E-state index in [1.54, 1.807) is 0 Å². The number of nitrogen functional groups attached to an aromatic ring is 1. The highest BCUT2D eigenvalue weighted by Gasteiger charge is 2.05. The van der Waals surface area contributed by atoms with Crippen LogP contribution in [0.2, 0.25) is 0 Å². The summed E-state index contributed by atoms with van der Waals surface area (Å²) in [6, 6.07) is 41.7. The lowest BCUT2D eigenvalue weighted by molar-refractivity contribution is 1.40. The summed E-state index contributed by atoms with van der Waals surface area (Å²) >= 11 is 0. The molecule has 5 aromatic rings. The van der Waals surface area contributed by atoms with E-state index < -0.39 is 0 Å². The minimum atomic E-state index is 0.829. The first-order valence-corrected chi connectivity index (χ1v) is 14.6. The van der Waals surface area contributed by atoms with Gasteiger partial charge in [-0.05, 0) is 80.2 Å². The van der Waals surface area contributed by atoms with Gasteiger partial charge in [0.2, 0.25) is 0 Å². The monoisotopic (exact) mass is 553 g/mol. The number of rotatable bonds is 4. The van der Waals surface area contributed by atoms with Crippen molar-refractivity contribution in [2.24, 2.45) is 0 Å². The van der Waals surface area contributed by atoms with Crippen molar-refractivity contribution in [3.05, 3.63) is 185 Å². The molecule has 0 atom stereocenters. The molecule has 0 aliphatic carbocycles. The first kappa shape index (κ1) is 33.6. The average Bonchev–Trinajstić information content (AvgIpc) is 3.02. The van der Waals surface area contributed by atoms with Crippen molar-refractivity contribution in [3.63, 3.8) is 0 Å². The molecule has 0 amide bonds. The first-order valence-electron chi connectivity index (χ1n) is 14.6. The summed E-state index contributed by atoms with van der Waals surface area (Å²) in [4.78, 5) is 0. The van der Waals surface area contributed by atoms with Crippen LogP contribution in [0.5, 0.6) is 0 Å². The van der Waals surface area contributed by atoms with Gasteiger partial charge in [0.1, 0.15) is 0 Å². The maximum Gasteiger partial charge on any atom is 0.0314 e. The van der Waals surface area contributed by atoms with Crippen LogP contribution in [0.25, 0.3) is 11.1 Å². The second-order valence-corrected chi connectivity index (χ2v) is 10.3. The zero-order valence-electron chi connectivity index (χ0n) is 26.5. The molecule has 5 rings (SSSR count). The Bertz CT molecular complexity index is 1340. The van der Waals surface area contributed by atoms with E-state index in [-0.39, 0.29) is 0 Å². The number of nitrogens with two attached hydrogens (primary N) is 1. The van der Waals surface area contributed by atoms with Gasteiger partial charge >= 0.3 is 0 Å². The van der Waals surface area contributed by atoms with Gasteiger partial charge in [0.15, 0.2) is 0 Å². The SMILES string of the molecule is C=C(c1ccc(C)cc1)c1ccc(C(=C)c2ccc(C)cc2)cc1.CC.Cc1ccc(C)cc1.Cc1ccc(N)cc1. The molecule has 0 aromatic heterocycles. The van der Waals surface area contributed by atoms with E-state index >= 15 is 0 Å². The summed E-state index contributed by atoms with van der Waals surface area (Å²) < 4.78 is 0. The highest BCUT2D eigenvalue weighted by Crippen LogP contribution is 2.26. The number of benzene rings is 5. The quantitative estimate of drug-likeness (QED) is 0.220. The van der Waals surface area contributed by atoms with E-state index in [4.69, 9.17) is 5.73 Å². The minimum absolute atomic E-state index is 0.829. The summed E-state index contributed by atoms with van der Waals surface area (Å²) in [6.07, 6.45) is 0. The number of hydrogen-bond acceptors (Lipinski definition) is 1. The van der Waals surface area contributed by atoms with Crippen molar-refractivity contribution in [3.8, 4) is 0 Å². The van der Waals surface area contributed by atoms with Crippen LogP contribution in [-0.4, -0.2) is 0 Å². The summed E-state index contributed by atoms with van der Waals surface area (Å²) in [7, 11) is 0. The van der Waals surface area contributed by atoms with Gasteiger partial charge in [0, 0.05) is 5.69 Å². The maximum absolute atomic E-state index is 5.43. The van der Waals surface area contributed by atoms with E-state index in [2.05, 4.69) is 138 Å². The lowest BCUT2D eigenvalue weighted by Crippen LogP contribution is -1.90. The van der Waals surface area contributed by atoms with E-state index in [0.29, 0.717) is 0 Å². The molecule has 5 aromatic carbocycles. The largest absolute Gasteiger partial charge is 0.399 e. The van der Waals surface area contributed by atoms with Gasteiger partial charge in [-0.15, -0.1) is 0 Å². The maximum atomic E-state index is 5.43. The van der Waals surface area contributed by atoms with Crippen LogP contribution in [0.4, 0.5) is 5.69 Å². The molecule has 0 heterocycles. The Balaban J connectivity index is 0.000000278. The smallest absolute Gasteiger partial charge is 0.0314 e. The van der Waals surface area contributed by atoms with Crippen molar-refractivity contribution in [1.29, 1.82) is 0 Å². The summed E-state index contributed by atoms with van der Waals surface area (Å²) in [5, 5.41) is 0. The Morgan fingerprint density at radius 1 is 0.357 bits per heavy atom. The molecular formula is C41H47N. The van der Waals surface area contributed by atoms with Crippen LogP contribution in [0.15, 0.2) is 134 Å². The lowest BCUT2D eigenvalue weighted by atomic mass is 9.94. The number of hydrogen-bond donors (Lipinski definition) is 1. The van der Waals surface area contributed by atoms with Gasteiger partial charge in [0.25, 0.3) is 0 Å². The van der Waals surface area contributed by atoms with Gasteiger partial charge in [0.05, 0.1) is 0 Å². The highest BCUT2D eigenvalue weighted by atomic mass is 14.5. The second-order valence-electron chi connectivity index (χ2n) is 10.3. The molecule has 1 heteroatoms. The third-order valence-electron chi connectivity index (χ3n) is 6.68. The fourth-order valence-electron chi connectivity index (χ4n) is 3.92. The number of aryl methyl sites for hydroxylation is 5. The standard InChI is InChI=1S/C24H22.C8H10.C7H9N.C2H6/c1-17-5-9-21(10-6-17)19(3)23-13-15-24(16-14-23)20(4)22-11-7-18(2)8-12-22;1-7-3-5-8(2)6-4-7;1-6-2-4-7(8)5-3-6;1-2/h5-16H,3-4H2,1-2H3;3-6H,1-2H3;2-5H,8H2,1H3;1-2H3. The van der Waals surface area contributed by atoms with E-state index in [1.165, 1.54) is 27.8 Å². The third kappa shape index (κ3) is 11.1. The Kier molecular flexibility index (Phi) is 13.8. The van der Waals surface area contributed by atoms with Crippen LogP contribution >= 0.6 is 0 Å². The molecule has 42 heavy (non-hydrogen) atoms. The Labute approximate surface area is 255 Å². The molecule has 0 spiro atoms. The zero-order valence-corrected chi connectivity index (χ0v) is 26.5. The van der Waals surface area contributed by atoms with Crippen molar-refractivity contribution in [2.45, 2.75) is 48.5 Å². The molecule has 0 saturated heterocycles. The van der Waals surface area contributed by atoms with Gasteiger partial charge in [-0.2, -0.15) is 0 Å². The van der Waals surface area contributed by atoms with Crippen LogP contribution < -0.4 is 5.73 Å². The second kappa shape index (κ2) is 17.3. The Morgan fingerprint density at radius 3 is 0.738 bits per heavy atom. The van der Waals surface area contributed by atoms with Crippen LogP contribution in [0.1, 0.15) is 63.9 Å². The van der Waals surface area contributed by atoms with Crippen molar-refractivity contribution in [2.75, 3.05) is 5.73 Å². The molecule has 0 bridgehead atoms. The van der Waals surface area contributed by atoms with Gasteiger partial charge in [-0.3, -0.25) is 0 Å². The van der Waals surface area contributed by atoms with Crippen molar-refractivity contribution < 1.29 is 0 Å². The van der Waals surface area contributed by atoms with E-state index in [9.17, 15) is 0 Å². The Hall–Kier alpha value is -4.62. The summed E-state index contributed by atoms with van der Waals surface area (Å²) in [5.74, 6) is 0. The van der Waals surface area contributed by atoms with Crippen LogP contribution in [0.3, 0.4) is 0 Å². The molecule has 0 aliphatic heterocycles.